The Labute approximate surface area is 103 Å². The van der Waals surface area contributed by atoms with E-state index in [1.54, 1.807) is 0 Å². The lowest BCUT2D eigenvalue weighted by molar-refractivity contribution is -0.119. The minimum atomic E-state index is -0.289. The molecule has 94 valence electrons. The maximum absolute atomic E-state index is 10.9. The number of carbonyl (C=O) groups is 1. The minimum absolute atomic E-state index is 0.289. The molecule has 0 bridgehead atoms. The Morgan fingerprint density at radius 2 is 2.12 bits per heavy atom. The Morgan fingerprint density at radius 1 is 1.41 bits per heavy atom. The molecule has 4 heteroatoms. The molecule has 4 nitrogen and oxygen atoms in total. The van der Waals surface area contributed by atoms with Crippen LogP contribution in [0.15, 0.2) is 18.2 Å². The van der Waals surface area contributed by atoms with E-state index in [2.05, 4.69) is 19.1 Å². The topological polar surface area (TPSA) is 72.3 Å². The van der Waals surface area contributed by atoms with Gasteiger partial charge in [-0.1, -0.05) is 25.1 Å². The lowest BCUT2D eigenvalue weighted by Crippen LogP contribution is -2.33. The molecule has 4 N–H and O–H groups in total. The summed E-state index contributed by atoms with van der Waals surface area (Å²) < 4.78 is 0. The Hall–Kier alpha value is -1.39. The van der Waals surface area contributed by atoms with Gasteiger partial charge in [-0.15, -0.1) is 0 Å². The van der Waals surface area contributed by atoms with Gasteiger partial charge in [-0.2, -0.15) is 0 Å². The van der Waals surface area contributed by atoms with E-state index in [1.807, 2.05) is 17.9 Å². The second-order valence-electron chi connectivity index (χ2n) is 4.23. The van der Waals surface area contributed by atoms with Gasteiger partial charge in [0, 0.05) is 13.1 Å². The van der Waals surface area contributed by atoms with Gasteiger partial charge in [-0.25, -0.2) is 0 Å². The quantitative estimate of drug-likeness (QED) is 0.764. The van der Waals surface area contributed by atoms with E-state index in [1.165, 1.54) is 11.1 Å². The molecule has 0 aliphatic carbocycles. The fourth-order valence-electron chi connectivity index (χ4n) is 1.80. The van der Waals surface area contributed by atoms with Gasteiger partial charge in [0.25, 0.3) is 0 Å². The molecule has 1 amide bonds. The molecule has 1 aromatic carbocycles. The second-order valence-corrected chi connectivity index (χ2v) is 4.23. The number of rotatable bonds is 6. The molecule has 1 aromatic rings. The molecule has 0 aromatic heterocycles. The van der Waals surface area contributed by atoms with Gasteiger partial charge >= 0.3 is 0 Å². The molecule has 0 heterocycles. The van der Waals surface area contributed by atoms with Crippen LogP contribution in [0, 0.1) is 6.92 Å². The summed E-state index contributed by atoms with van der Waals surface area (Å²) in [5.41, 5.74) is 14.3. The molecule has 0 aliphatic rings. The standard InChI is InChI=1S/C13H21N3O/c1-3-16(9-13(15)17)8-12-5-4-11(7-14)6-10(12)2/h4-6H,3,7-9,14H2,1-2H3,(H2,15,17). The number of carbonyl (C=O) groups excluding carboxylic acids is 1. The van der Waals surface area contributed by atoms with Gasteiger partial charge in [-0.05, 0) is 30.2 Å². The number of hydrogen-bond acceptors (Lipinski definition) is 3. The Morgan fingerprint density at radius 3 is 2.59 bits per heavy atom. The third-order valence-electron chi connectivity index (χ3n) is 2.86. The van der Waals surface area contributed by atoms with Crippen LogP contribution in [-0.4, -0.2) is 23.9 Å². The van der Waals surface area contributed by atoms with Gasteiger partial charge in [0.15, 0.2) is 0 Å². The highest BCUT2D eigenvalue weighted by Gasteiger charge is 2.08. The van der Waals surface area contributed by atoms with Crippen molar-refractivity contribution in [3.05, 3.63) is 34.9 Å². The first-order chi connectivity index (χ1) is 8.06. The van der Waals surface area contributed by atoms with E-state index in [0.29, 0.717) is 13.1 Å². The van der Waals surface area contributed by atoms with E-state index in [9.17, 15) is 4.79 Å². The van der Waals surface area contributed by atoms with Gasteiger partial charge in [0.1, 0.15) is 0 Å². The molecule has 1 rings (SSSR count). The predicted molar refractivity (Wildman–Crippen MR) is 69.2 cm³/mol. The highest BCUT2D eigenvalue weighted by atomic mass is 16.1. The monoisotopic (exact) mass is 235 g/mol. The first-order valence-electron chi connectivity index (χ1n) is 5.86. The van der Waals surface area contributed by atoms with Gasteiger partial charge < -0.3 is 11.5 Å². The Balaban J connectivity index is 2.75. The molecule has 17 heavy (non-hydrogen) atoms. The lowest BCUT2D eigenvalue weighted by Gasteiger charge is -2.20. The highest BCUT2D eigenvalue weighted by Crippen LogP contribution is 2.13. The van der Waals surface area contributed by atoms with Gasteiger partial charge in [-0.3, -0.25) is 9.69 Å². The number of aryl methyl sites for hydroxylation is 1. The van der Waals surface area contributed by atoms with E-state index in [0.717, 1.165) is 18.7 Å². The fraction of sp³-hybridized carbons (Fsp3) is 0.462. The zero-order chi connectivity index (χ0) is 12.8. The predicted octanol–water partition coefficient (Wildman–Crippen LogP) is 0.761. The van der Waals surface area contributed by atoms with Crippen LogP contribution in [0.3, 0.4) is 0 Å². The normalized spacial score (nSPS) is 10.8. The van der Waals surface area contributed by atoms with Crippen LogP contribution in [0.1, 0.15) is 23.6 Å². The zero-order valence-electron chi connectivity index (χ0n) is 10.6. The molecular formula is C13H21N3O. The van der Waals surface area contributed by atoms with Crippen LogP contribution in [-0.2, 0) is 17.9 Å². The summed E-state index contributed by atoms with van der Waals surface area (Å²) in [5, 5.41) is 0. The van der Waals surface area contributed by atoms with Crippen molar-refractivity contribution >= 4 is 5.91 Å². The third kappa shape index (κ3) is 4.17. The van der Waals surface area contributed by atoms with Crippen molar-refractivity contribution in [1.82, 2.24) is 4.90 Å². The molecule has 0 radical (unpaired) electrons. The minimum Gasteiger partial charge on any atom is -0.369 e. The first kappa shape index (κ1) is 13.7. The Kier molecular flexibility index (Phi) is 5.12. The average Bonchev–Trinajstić information content (AvgIpc) is 2.29. The summed E-state index contributed by atoms with van der Waals surface area (Å²) >= 11 is 0. The SMILES string of the molecule is CCN(CC(N)=O)Cc1ccc(CN)cc1C. The smallest absolute Gasteiger partial charge is 0.231 e. The van der Waals surface area contributed by atoms with E-state index in [-0.39, 0.29) is 5.91 Å². The van der Waals surface area contributed by atoms with Crippen molar-refractivity contribution in [1.29, 1.82) is 0 Å². The van der Waals surface area contributed by atoms with Gasteiger partial charge in [0.2, 0.25) is 5.91 Å². The summed E-state index contributed by atoms with van der Waals surface area (Å²) in [7, 11) is 0. The van der Waals surface area contributed by atoms with Crippen molar-refractivity contribution in [2.75, 3.05) is 13.1 Å². The molecule has 0 unspecified atom stereocenters. The number of amides is 1. The zero-order valence-corrected chi connectivity index (χ0v) is 10.6. The summed E-state index contributed by atoms with van der Waals surface area (Å²) in [6.45, 7) is 6.49. The van der Waals surface area contributed by atoms with Crippen LogP contribution >= 0.6 is 0 Å². The number of hydrogen-bond donors (Lipinski definition) is 2. The molecule has 0 atom stereocenters. The summed E-state index contributed by atoms with van der Waals surface area (Å²) in [4.78, 5) is 12.9. The average molecular weight is 235 g/mol. The maximum atomic E-state index is 10.9. The fourth-order valence-corrected chi connectivity index (χ4v) is 1.80. The molecule has 0 fully saturated rings. The number of nitrogens with two attached hydrogens (primary N) is 2. The molecule has 0 saturated heterocycles. The summed E-state index contributed by atoms with van der Waals surface area (Å²) in [5.74, 6) is -0.289. The molecule has 0 saturated carbocycles. The van der Waals surface area contributed by atoms with Crippen molar-refractivity contribution in [2.24, 2.45) is 11.5 Å². The van der Waals surface area contributed by atoms with Crippen LogP contribution < -0.4 is 11.5 Å². The second kappa shape index (κ2) is 6.37. The van der Waals surface area contributed by atoms with E-state index in [4.69, 9.17) is 11.5 Å². The lowest BCUT2D eigenvalue weighted by atomic mass is 10.0. The van der Waals surface area contributed by atoms with Crippen molar-refractivity contribution in [3.63, 3.8) is 0 Å². The van der Waals surface area contributed by atoms with Crippen LogP contribution in [0.4, 0.5) is 0 Å². The number of benzene rings is 1. The summed E-state index contributed by atoms with van der Waals surface area (Å²) in [6.07, 6.45) is 0. The first-order valence-corrected chi connectivity index (χ1v) is 5.86. The van der Waals surface area contributed by atoms with E-state index >= 15 is 0 Å². The van der Waals surface area contributed by atoms with Crippen molar-refractivity contribution in [2.45, 2.75) is 26.9 Å². The third-order valence-corrected chi connectivity index (χ3v) is 2.86. The van der Waals surface area contributed by atoms with E-state index < -0.39 is 0 Å². The number of nitrogens with zero attached hydrogens (tertiary/aromatic N) is 1. The number of primary amides is 1. The van der Waals surface area contributed by atoms with Crippen LogP contribution in [0.25, 0.3) is 0 Å². The Bertz CT molecular complexity index is 390. The largest absolute Gasteiger partial charge is 0.369 e. The van der Waals surface area contributed by atoms with Crippen LogP contribution in [0.2, 0.25) is 0 Å². The summed E-state index contributed by atoms with van der Waals surface area (Å²) in [6, 6.07) is 6.19. The maximum Gasteiger partial charge on any atom is 0.231 e. The van der Waals surface area contributed by atoms with Gasteiger partial charge in [0.05, 0.1) is 6.54 Å². The highest BCUT2D eigenvalue weighted by molar-refractivity contribution is 5.75. The van der Waals surface area contributed by atoms with Crippen LogP contribution in [0.5, 0.6) is 0 Å². The molecule has 0 spiro atoms. The molecular weight excluding hydrogens is 214 g/mol. The van der Waals surface area contributed by atoms with Crippen molar-refractivity contribution < 1.29 is 4.79 Å². The molecule has 0 aliphatic heterocycles. The van der Waals surface area contributed by atoms with Crippen molar-refractivity contribution in [3.8, 4) is 0 Å². The number of likely N-dealkylation sites (N-methyl/N-ethyl adjacent to an activating group) is 1.